The van der Waals surface area contributed by atoms with E-state index in [1.165, 1.54) is 6.92 Å². The van der Waals surface area contributed by atoms with Crippen LogP contribution in [-0.4, -0.2) is 42.2 Å². The molecule has 1 rings (SSSR count). The normalized spacial score (nSPS) is 13.4. The van der Waals surface area contributed by atoms with Crippen LogP contribution >= 0.6 is 0 Å². The number of amides is 3. The molecular weight excluding hydrogens is 338 g/mol. The van der Waals surface area contributed by atoms with Gasteiger partial charge in [-0.05, 0) is 33.3 Å². The number of carbonyl (C=O) groups excluding carboxylic acids is 3. The highest BCUT2D eigenvalue weighted by Crippen LogP contribution is 2.07. The van der Waals surface area contributed by atoms with Gasteiger partial charge in [-0.2, -0.15) is 0 Å². The molecule has 0 saturated carbocycles. The van der Waals surface area contributed by atoms with Crippen LogP contribution < -0.4 is 16.4 Å². The van der Waals surface area contributed by atoms with Crippen molar-refractivity contribution in [3.05, 3.63) is 35.9 Å². The van der Waals surface area contributed by atoms with Gasteiger partial charge in [0.2, 0.25) is 11.8 Å². The maximum absolute atomic E-state index is 12.3. The molecular formula is C18H27N3O5. The van der Waals surface area contributed by atoms with Crippen molar-refractivity contribution in [2.24, 2.45) is 5.73 Å². The molecule has 144 valence electrons. The number of rotatable bonds is 8. The van der Waals surface area contributed by atoms with Crippen LogP contribution in [0.25, 0.3) is 0 Å². The minimum atomic E-state index is -1.03. The first-order valence-corrected chi connectivity index (χ1v) is 8.29. The number of nitrogens with one attached hydrogen (secondary N) is 2. The SMILES string of the molecule is CC(NC(=O)C(COCc1ccccc1)NC(=O)OC(C)(C)C)C(N)=O. The smallest absolute Gasteiger partial charge is 0.408 e. The van der Waals surface area contributed by atoms with Gasteiger partial charge in [0.15, 0.2) is 0 Å². The van der Waals surface area contributed by atoms with E-state index in [1.54, 1.807) is 20.8 Å². The molecule has 0 heterocycles. The Balaban J connectivity index is 2.68. The Morgan fingerprint density at radius 3 is 2.27 bits per heavy atom. The van der Waals surface area contributed by atoms with Crippen molar-refractivity contribution >= 4 is 17.9 Å². The van der Waals surface area contributed by atoms with Crippen molar-refractivity contribution in [2.45, 2.75) is 52.0 Å². The number of ether oxygens (including phenoxy) is 2. The minimum Gasteiger partial charge on any atom is -0.444 e. The molecule has 2 unspecified atom stereocenters. The highest BCUT2D eigenvalue weighted by atomic mass is 16.6. The summed E-state index contributed by atoms with van der Waals surface area (Å²) in [4.78, 5) is 35.4. The van der Waals surface area contributed by atoms with Gasteiger partial charge >= 0.3 is 6.09 Å². The van der Waals surface area contributed by atoms with E-state index in [0.717, 1.165) is 5.56 Å². The predicted octanol–water partition coefficient (Wildman–Crippen LogP) is 1.09. The average Bonchev–Trinajstić information content (AvgIpc) is 2.53. The van der Waals surface area contributed by atoms with Crippen LogP contribution in [0.3, 0.4) is 0 Å². The molecule has 8 nitrogen and oxygen atoms in total. The monoisotopic (exact) mass is 365 g/mol. The van der Waals surface area contributed by atoms with Crippen LogP contribution in [0.2, 0.25) is 0 Å². The maximum Gasteiger partial charge on any atom is 0.408 e. The zero-order chi connectivity index (χ0) is 19.7. The minimum absolute atomic E-state index is 0.0918. The number of alkyl carbamates (subject to hydrolysis) is 1. The van der Waals surface area contributed by atoms with Gasteiger partial charge in [0.05, 0.1) is 13.2 Å². The van der Waals surface area contributed by atoms with Gasteiger partial charge in [0.1, 0.15) is 17.7 Å². The van der Waals surface area contributed by atoms with E-state index >= 15 is 0 Å². The van der Waals surface area contributed by atoms with E-state index in [1.807, 2.05) is 30.3 Å². The lowest BCUT2D eigenvalue weighted by Gasteiger charge is -2.24. The number of primary amides is 1. The lowest BCUT2D eigenvalue weighted by Crippen LogP contribution is -2.54. The Bertz CT molecular complexity index is 613. The Morgan fingerprint density at radius 1 is 1.12 bits per heavy atom. The summed E-state index contributed by atoms with van der Waals surface area (Å²) in [5.74, 6) is -1.27. The van der Waals surface area contributed by atoms with E-state index in [4.69, 9.17) is 15.2 Å². The molecule has 26 heavy (non-hydrogen) atoms. The molecule has 4 N–H and O–H groups in total. The van der Waals surface area contributed by atoms with Crippen LogP contribution in [0.15, 0.2) is 30.3 Å². The second kappa shape index (κ2) is 9.76. The molecule has 0 fully saturated rings. The number of carbonyl (C=O) groups is 3. The summed E-state index contributed by atoms with van der Waals surface area (Å²) in [5, 5.41) is 4.89. The summed E-state index contributed by atoms with van der Waals surface area (Å²) in [5.41, 5.74) is 5.36. The van der Waals surface area contributed by atoms with Gasteiger partial charge in [-0.15, -0.1) is 0 Å². The van der Waals surface area contributed by atoms with Crippen LogP contribution in [0.5, 0.6) is 0 Å². The van der Waals surface area contributed by atoms with E-state index in [0.29, 0.717) is 0 Å². The molecule has 0 aliphatic heterocycles. The second-order valence-electron chi connectivity index (χ2n) is 6.83. The van der Waals surface area contributed by atoms with Crippen molar-refractivity contribution in [1.82, 2.24) is 10.6 Å². The molecule has 1 aromatic carbocycles. The summed E-state index contributed by atoms with van der Waals surface area (Å²) >= 11 is 0. The summed E-state index contributed by atoms with van der Waals surface area (Å²) in [6, 6.07) is 7.48. The van der Waals surface area contributed by atoms with E-state index < -0.39 is 35.6 Å². The average molecular weight is 365 g/mol. The zero-order valence-corrected chi connectivity index (χ0v) is 15.6. The van der Waals surface area contributed by atoms with Gasteiger partial charge in [-0.1, -0.05) is 30.3 Å². The van der Waals surface area contributed by atoms with Gasteiger partial charge < -0.3 is 25.8 Å². The van der Waals surface area contributed by atoms with Crippen LogP contribution in [-0.2, 0) is 25.7 Å². The fraction of sp³-hybridized carbons (Fsp3) is 0.500. The Hall–Kier alpha value is -2.61. The van der Waals surface area contributed by atoms with Crippen LogP contribution in [0.4, 0.5) is 4.79 Å². The van der Waals surface area contributed by atoms with Gasteiger partial charge in [0.25, 0.3) is 0 Å². The third-order valence-corrected chi connectivity index (χ3v) is 3.19. The van der Waals surface area contributed by atoms with Gasteiger partial charge in [-0.25, -0.2) is 4.79 Å². The molecule has 1 aromatic rings. The molecule has 2 atom stereocenters. The lowest BCUT2D eigenvalue weighted by molar-refractivity contribution is -0.129. The summed E-state index contributed by atoms with van der Waals surface area (Å²) in [7, 11) is 0. The first kappa shape index (κ1) is 21.4. The molecule has 0 aliphatic rings. The molecule has 0 aromatic heterocycles. The van der Waals surface area contributed by atoms with Crippen molar-refractivity contribution in [3.8, 4) is 0 Å². The van der Waals surface area contributed by atoms with Crippen molar-refractivity contribution in [3.63, 3.8) is 0 Å². The highest BCUT2D eigenvalue weighted by molar-refractivity contribution is 5.90. The molecule has 3 amide bonds. The Morgan fingerprint density at radius 2 is 1.73 bits per heavy atom. The van der Waals surface area contributed by atoms with E-state index in [9.17, 15) is 14.4 Å². The van der Waals surface area contributed by atoms with E-state index in [-0.39, 0.29) is 13.2 Å². The van der Waals surface area contributed by atoms with Gasteiger partial charge in [0, 0.05) is 0 Å². The summed E-state index contributed by atoms with van der Waals surface area (Å²) in [6.45, 7) is 6.77. The number of benzene rings is 1. The van der Waals surface area contributed by atoms with Gasteiger partial charge in [-0.3, -0.25) is 9.59 Å². The third kappa shape index (κ3) is 8.48. The first-order valence-electron chi connectivity index (χ1n) is 8.29. The largest absolute Gasteiger partial charge is 0.444 e. The standard InChI is InChI=1S/C18H27N3O5/c1-12(15(19)22)20-16(23)14(21-17(24)26-18(2,3)4)11-25-10-13-8-6-5-7-9-13/h5-9,12,14H,10-11H2,1-4H3,(H2,19,22)(H,20,23)(H,21,24). The molecule has 0 spiro atoms. The fourth-order valence-corrected chi connectivity index (χ4v) is 1.89. The molecule has 8 heteroatoms. The lowest BCUT2D eigenvalue weighted by atomic mass is 10.2. The van der Waals surface area contributed by atoms with E-state index in [2.05, 4.69) is 10.6 Å². The van der Waals surface area contributed by atoms with Crippen LogP contribution in [0.1, 0.15) is 33.3 Å². The number of hydrogen-bond acceptors (Lipinski definition) is 5. The highest BCUT2D eigenvalue weighted by Gasteiger charge is 2.26. The Labute approximate surface area is 153 Å². The molecule has 0 saturated heterocycles. The van der Waals surface area contributed by atoms with Crippen LogP contribution in [0, 0.1) is 0 Å². The second-order valence-corrected chi connectivity index (χ2v) is 6.83. The quantitative estimate of drug-likeness (QED) is 0.637. The predicted molar refractivity (Wildman–Crippen MR) is 96.1 cm³/mol. The Kier molecular flexibility index (Phi) is 8.05. The van der Waals surface area contributed by atoms with Crippen molar-refractivity contribution in [1.29, 1.82) is 0 Å². The summed E-state index contributed by atoms with van der Waals surface area (Å²) in [6.07, 6.45) is -0.757. The maximum atomic E-state index is 12.3. The molecule has 0 bridgehead atoms. The zero-order valence-electron chi connectivity index (χ0n) is 15.6. The fourth-order valence-electron chi connectivity index (χ4n) is 1.89. The number of nitrogens with two attached hydrogens (primary N) is 1. The third-order valence-electron chi connectivity index (χ3n) is 3.19. The summed E-state index contributed by atoms with van der Waals surface area (Å²) < 4.78 is 10.7. The first-order chi connectivity index (χ1) is 12.1. The topological polar surface area (TPSA) is 120 Å². The van der Waals surface area contributed by atoms with Crippen molar-refractivity contribution < 1.29 is 23.9 Å². The number of hydrogen-bond donors (Lipinski definition) is 3. The molecule has 0 aliphatic carbocycles. The van der Waals surface area contributed by atoms with Crippen molar-refractivity contribution in [2.75, 3.05) is 6.61 Å². The molecule has 0 radical (unpaired) electrons.